The highest BCUT2D eigenvalue weighted by Crippen LogP contribution is 2.54. The molecule has 1 aromatic carbocycles. The summed E-state index contributed by atoms with van der Waals surface area (Å²) in [6, 6.07) is 8.86. The summed E-state index contributed by atoms with van der Waals surface area (Å²) in [6.07, 6.45) is 1.01. The zero-order valence-electron chi connectivity index (χ0n) is 20.8. The molecule has 0 saturated carbocycles. The number of ether oxygens (including phenoxy) is 1. The zero-order valence-corrected chi connectivity index (χ0v) is 20.8. The minimum absolute atomic E-state index is 0.0493. The fraction of sp³-hybridized carbons (Fsp3) is 0.607. The maximum atomic E-state index is 11.2. The highest BCUT2D eigenvalue weighted by Gasteiger charge is 2.47. The first-order chi connectivity index (χ1) is 14.2. The van der Waals surface area contributed by atoms with Crippen LogP contribution in [-0.2, 0) is 22.2 Å². The van der Waals surface area contributed by atoms with Crippen molar-refractivity contribution in [1.29, 1.82) is 0 Å². The molecule has 1 N–H and O–H groups in total. The molecule has 0 amide bonds. The molecule has 2 unspecified atom stereocenters. The van der Waals surface area contributed by atoms with Crippen LogP contribution in [0.3, 0.4) is 0 Å². The second kappa shape index (κ2) is 7.15. The van der Waals surface area contributed by atoms with Gasteiger partial charge in [-0.05, 0) is 60.1 Å². The highest BCUT2D eigenvalue weighted by atomic mass is 16.5. The Bertz CT molecular complexity index is 993. The summed E-state index contributed by atoms with van der Waals surface area (Å²) in [7, 11) is 0. The van der Waals surface area contributed by atoms with Crippen LogP contribution in [0.25, 0.3) is 0 Å². The van der Waals surface area contributed by atoms with Gasteiger partial charge in [0.2, 0.25) is 0 Å². The van der Waals surface area contributed by atoms with E-state index in [1.54, 1.807) is 0 Å². The van der Waals surface area contributed by atoms with Crippen molar-refractivity contribution in [1.82, 2.24) is 4.98 Å². The molecule has 168 valence electrons. The third-order valence-electron chi connectivity index (χ3n) is 7.01. The Kier molecular flexibility index (Phi) is 5.18. The normalized spacial score (nSPS) is 24.2. The van der Waals surface area contributed by atoms with Gasteiger partial charge in [-0.3, -0.25) is 4.98 Å². The summed E-state index contributed by atoms with van der Waals surface area (Å²) in [6.45, 7) is 19.9. The van der Waals surface area contributed by atoms with Crippen LogP contribution in [-0.4, -0.2) is 10.1 Å². The predicted molar refractivity (Wildman–Crippen MR) is 126 cm³/mol. The van der Waals surface area contributed by atoms with Crippen molar-refractivity contribution in [2.24, 2.45) is 5.41 Å². The lowest BCUT2D eigenvalue weighted by atomic mass is 9.71. The molecule has 2 atom stereocenters. The molecule has 31 heavy (non-hydrogen) atoms. The molecule has 0 radical (unpaired) electrons. The lowest BCUT2D eigenvalue weighted by Crippen LogP contribution is -2.30. The number of aliphatic hydroxyl groups excluding tert-OH is 1. The summed E-state index contributed by atoms with van der Waals surface area (Å²) in [5.41, 5.74) is 7.74. The maximum absolute atomic E-state index is 11.2. The van der Waals surface area contributed by atoms with E-state index >= 15 is 0 Å². The second-order valence-corrected chi connectivity index (χ2v) is 12.2. The topological polar surface area (TPSA) is 42.4 Å². The van der Waals surface area contributed by atoms with Crippen LogP contribution in [0, 0.1) is 5.41 Å². The van der Waals surface area contributed by atoms with Crippen LogP contribution in [0.2, 0.25) is 0 Å². The minimum atomic E-state index is -0.494. The maximum Gasteiger partial charge on any atom is 0.111 e. The van der Waals surface area contributed by atoms with Gasteiger partial charge in [-0.2, -0.15) is 0 Å². The fourth-order valence-electron chi connectivity index (χ4n) is 5.49. The van der Waals surface area contributed by atoms with Crippen molar-refractivity contribution in [3.8, 4) is 0 Å². The lowest BCUT2D eigenvalue weighted by molar-refractivity contribution is -0.0360. The Morgan fingerprint density at radius 3 is 2.19 bits per heavy atom. The summed E-state index contributed by atoms with van der Waals surface area (Å²) in [5.74, 6) is 0.287. The summed E-state index contributed by atoms with van der Waals surface area (Å²) in [5, 5.41) is 11.2. The predicted octanol–water partition coefficient (Wildman–Crippen LogP) is 6.86. The first kappa shape index (κ1) is 22.5. The first-order valence-electron chi connectivity index (χ1n) is 11.7. The number of aromatic nitrogens is 1. The van der Waals surface area contributed by atoms with E-state index in [1.165, 1.54) is 16.7 Å². The van der Waals surface area contributed by atoms with Gasteiger partial charge in [0.15, 0.2) is 0 Å². The molecule has 0 bridgehead atoms. The van der Waals surface area contributed by atoms with Crippen LogP contribution >= 0.6 is 0 Å². The van der Waals surface area contributed by atoms with Crippen LogP contribution in [0.5, 0.6) is 0 Å². The summed E-state index contributed by atoms with van der Waals surface area (Å²) >= 11 is 0. The lowest BCUT2D eigenvalue weighted by Gasteiger charge is -2.37. The molecular formula is C28H39NO2. The SMILES string of the molecule is CC(C)c1nc2c(c3c1C(c1ccc(C(C)(C)C)cc1)OC3(C)C)C(O)CC(C)(C)C2. The summed E-state index contributed by atoms with van der Waals surface area (Å²) in [4.78, 5) is 5.19. The number of hydrogen-bond donors (Lipinski definition) is 1. The van der Waals surface area contributed by atoms with Crippen LogP contribution in [0.15, 0.2) is 24.3 Å². The van der Waals surface area contributed by atoms with Crippen LogP contribution in [0.4, 0.5) is 0 Å². The van der Waals surface area contributed by atoms with Gasteiger partial charge in [-0.15, -0.1) is 0 Å². The Balaban J connectivity index is 1.92. The summed E-state index contributed by atoms with van der Waals surface area (Å²) < 4.78 is 6.74. The van der Waals surface area contributed by atoms with Crippen molar-refractivity contribution < 1.29 is 9.84 Å². The number of pyridine rings is 1. The van der Waals surface area contributed by atoms with E-state index in [-0.39, 0.29) is 22.9 Å². The van der Waals surface area contributed by atoms with Crippen molar-refractivity contribution in [2.45, 2.75) is 104 Å². The number of fused-ring (bicyclic) bond motifs is 3. The van der Waals surface area contributed by atoms with Gasteiger partial charge >= 0.3 is 0 Å². The highest BCUT2D eigenvalue weighted by molar-refractivity contribution is 5.53. The number of aliphatic hydroxyl groups is 1. The average molecular weight is 422 g/mol. The van der Waals surface area contributed by atoms with Gasteiger partial charge in [0.05, 0.1) is 11.7 Å². The molecule has 3 nitrogen and oxygen atoms in total. The van der Waals surface area contributed by atoms with E-state index in [9.17, 15) is 5.11 Å². The van der Waals surface area contributed by atoms with Gasteiger partial charge in [0.1, 0.15) is 6.10 Å². The van der Waals surface area contributed by atoms with E-state index in [0.29, 0.717) is 0 Å². The van der Waals surface area contributed by atoms with Gasteiger partial charge in [0.25, 0.3) is 0 Å². The molecule has 1 aromatic heterocycles. The van der Waals surface area contributed by atoms with E-state index in [2.05, 4.69) is 86.6 Å². The molecule has 1 aliphatic heterocycles. The number of rotatable bonds is 2. The third-order valence-corrected chi connectivity index (χ3v) is 7.01. The van der Waals surface area contributed by atoms with Crippen LogP contribution in [0.1, 0.15) is 126 Å². The third kappa shape index (κ3) is 3.85. The quantitative estimate of drug-likeness (QED) is 0.576. The molecule has 2 heterocycles. The van der Waals surface area contributed by atoms with Gasteiger partial charge < -0.3 is 9.84 Å². The second-order valence-electron chi connectivity index (χ2n) is 12.2. The van der Waals surface area contributed by atoms with E-state index in [1.807, 2.05) is 0 Å². The molecular weight excluding hydrogens is 382 g/mol. The van der Waals surface area contributed by atoms with Crippen molar-refractivity contribution in [3.05, 3.63) is 63.5 Å². The van der Waals surface area contributed by atoms with Crippen molar-refractivity contribution >= 4 is 0 Å². The molecule has 0 spiro atoms. The molecule has 0 saturated heterocycles. The number of benzene rings is 1. The molecule has 1 aliphatic carbocycles. The Morgan fingerprint density at radius 2 is 1.65 bits per heavy atom. The Labute approximate surface area is 188 Å². The molecule has 4 rings (SSSR count). The van der Waals surface area contributed by atoms with E-state index in [0.717, 1.165) is 35.4 Å². The van der Waals surface area contributed by atoms with Gasteiger partial charge in [-0.1, -0.05) is 72.7 Å². The van der Waals surface area contributed by atoms with Gasteiger partial charge in [-0.25, -0.2) is 0 Å². The molecule has 0 fully saturated rings. The van der Waals surface area contributed by atoms with Crippen molar-refractivity contribution in [3.63, 3.8) is 0 Å². The first-order valence-corrected chi connectivity index (χ1v) is 11.7. The minimum Gasteiger partial charge on any atom is -0.388 e. The van der Waals surface area contributed by atoms with Crippen LogP contribution < -0.4 is 0 Å². The number of nitrogens with zero attached hydrogens (tertiary/aromatic N) is 1. The molecule has 2 aliphatic rings. The fourth-order valence-corrected chi connectivity index (χ4v) is 5.49. The van der Waals surface area contributed by atoms with E-state index < -0.39 is 11.7 Å². The molecule has 2 aromatic rings. The Morgan fingerprint density at radius 1 is 1.03 bits per heavy atom. The monoisotopic (exact) mass is 421 g/mol. The van der Waals surface area contributed by atoms with Crippen molar-refractivity contribution in [2.75, 3.05) is 0 Å². The molecule has 3 heteroatoms. The largest absolute Gasteiger partial charge is 0.388 e. The van der Waals surface area contributed by atoms with E-state index in [4.69, 9.17) is 9.72 Å². The standard InChI is InChI=1S/C28H39NO2/c1-16(2)24-22-23(21-19(29-24)14-27(6,7)15-20(21)30)28(8,9)31-25(22)17-10-12-18(13-11-17)26(3,4)5/h10-13,16,20,25,30H,14-15H2,1-9H3. The smallest absolute Gasteiger partial charge is 0.111 e. The van der Waals surface area contributed by atoms with Gasteiger partial charge in [0, 0.05) is 22.5 Å². The number of hydrogen-bond acceptors (Lipinski definition) is 3. The average Bonchev–Trinajstić information content (AvgIpc) is 2.90. The Hall–Kier alpha value is -1.71. The zero-order chi connectivity index (χ0) is 22.9.